The number of rotatable bonds is 2. The van der Waals surface area contributed by atoms with Gasteiger partial charge in [0.1, 0.15) is 0 Å². The van der Waals surface area contributed by atoms with Gasteiger partial charge in [0, 0.05) is 22.5 Å². The number of halogens is 2. The van der Waals surface area contributed by atoms with Crippen molar-refractivity contribution in [1.29, 1.82) is 0 Å². The summed E-state index contributed by atoms with van der Waals surface area (Å²) < 4.78 is 0.976. The van der Waals surface area contributed by atoms with Gasteiger partial charge >= 0.3 is 0 Å². The fourth-order valence-corrected chi connectivity index (χ4v) is 3.25. The van der Waals surface area contributed by atoms with Crippen molar-refractivity contribution >= 4 is 27.5 Å². The van der Waals surface area contributed by atoms with E-state index in [1.807, 2.05) is 18.2 Å². The first-order chi connectivity index (χ1) is 8.48. The van der Waals surface area contributed by atoms with E-state index >= 15 is 0 Å². The maximum Gasteiger partial charge on any atom is 0.0701 e. The van der Waals surface area contributed by atoms with Crippen molar-refractivity contribution < 1.29 is 5.11 Å². The van der Waals surface area contributed by atoms with Crippen LogP contribution in [-0.2, 0) is 6.42 Å². The Labute approximate surface area is 122 Å². The highest BCUT2D eigenvalue weighted by Crippen LogP contribution is 2.30. The summed E-state index contributed by atoms with van der Waals surface area (Å²) in [5, 5.41) is 11.5. The summed E-state index contributed by atoms with van der Waals surface area (Å²) in [5.41, 5.74) is 0.425. The van der Waals surface area contributed by atoms with Crippen molar-refractivity contribution in [2.24, 2.45) is 0 Å². The fraction of sp³-hybridized carbons (Fsp3) is 0.571. The summed E-state index contributed by atoms with van der Waals surface area (Å²) in [5.74, 6) is 0. The summed E-state index contributed by atoms with van der Waals surface area (Å²) >= 11 is 9.63. The molecule has 1 heterocycles. The molecule has 1 aromatic carbocycles. The van der Waals surface area contributed by atoms with Crippen LogP contribution in [0, 0.1) is 0 Å². The Kier molecular flexibility index (Phi) is 4.70. The Morgan fingerprint density at radius 1 is 1.39 bits per heavy atom. The average molecular weight is 333 g/mol. The van der Waals surface area contributed by atoms with Crippen molar-refractivity contribution in [3.05, 3.63) is 33.3 Å². The lowest BCUT2D eigenvalue weighted by Gasteiger charge is -2.27. The molecule has 1 aliphatic rings. The normalized spacial score (nSPS) is 26.0. The van der Waals surface area contributed by atoms with Crippen LogP contribution in [0.15, 0.2) is 22.7 Å². The van der Waals surface area contributed by atoms with E-state index in [0.29, 0.717) is 6.42 Å². The van der Waals surface area contributed by atoms with E-state index in [1.54, 1.807) is 0 Å². The van der Waals surface area contributed by atoms with Crippen molar-refractivity contribution in [3.63, 3.8) is 0 Å². The molecule has 0 spiro atoms. The van der Waals surface area contributed by atoms with Gasteiger partial charge in [-0.05, 0) is 50.6 Å². The number of hydrogen-bond acceptors (Lipinski definition) is 2. The highest BCUT2D eigenvalue weighted by molar-refractivity contribution is 9.10. The van der Waals surface area contributed by atoms with Crippen molar-refractivity contribution in [1.82, 2.24) is 4.90 Å². The Morgan fingerprint density at radius 3 is 2.89 bits per heavy atom. The maximum atomic E-state index is 10.7. The number of nitrogens with zero attached hydrogens (tertiary/aromatic N) is 1. The van der Waals surface area contributed by atoms with Crippen LogP contribution >= 0.6 is 27.5 Å². The van der Waals surface area contributed by atoms with Gasteiger partial charge in [0.2, 0.25) is 0 Å². The minimum absolute atomic E-state index is 0.609. The lowest BCUT2D eigenvalue weighted by atomic mass is 9.88. The second kappa shape index (κ2) is 5.91. The van der Waals surface area contributed by atoms with Crippen LogP contribution in [0.2, 0.25) is 5.02 Å². The zero-order chi connectivity index (χ0) is 13.2. The van der Waals surface area contributed by atoms with Gasteiger partial charge in [0.25, 0.3) is 0 Å². The molecule has 0 bridgehead atoms. The van der Waals surface area contributed by atoms with E-state index in [1.165, 1.54) is 0 Å². The van der Waals surface area contributed by atoms with Gasteiger partial charge in [-0.3, -0.25) is 0 Å². The molecule has 2 nitrogen and oxygen atoms in total. The molecule has 100 valence electrons. The van der Waals surface area contributed by atoms with Gasteiger partial charge < -0.3 is 10.0 Å². The molecule has 4 heteroatoms. The summed E-state index contributed by atoms with van der Waals surface area (Å²) in [6.45, 7) is 2.01. The number of aliphatic hydroxyl groups is 1. The zero-order valence-electron chi connectivity index (χ0n) is 10.6. The molecule has 1 N–H and O–H groups in total. The van der Waals surface area contributed by atoms with Crippen molar-refractivity contribution in [3.8, 4) is 0 Å². The predicted molar refractivity (Wildman–Crippen MR) is 79.2 cm³/mol. The topological polar surface area (TPSA) is 23.5 Å². The van der Waals surface area contributed by atoms with Crippen LogP contribution in [0.25, 0.3) is 0 Å². The molecule has 0 radical (unpaired) electrons. The smallest absolute Gasteiger partial charge is 0.0701 e. The average Bonchev–Trinajstić information content (AvgIpc) is 2.46. The Hall–Kier alpha value is -0.0900. The first-order valence-corrected chi connectivity index (χ1v) is 7.50. The number of likely N-dealkylation sites (tertiary alicyclic amines) is 1. The van der Waals surface area contributed by atoms with Crippen molar-refractivity contribution in [2.75, 3.05) is 20.1 Å². The molecule has 18 heavy (non-hydrogen) atoms. The Morgan fingerprint density at radius 2 is 2.17 bits per heavy atom. The van der Waals surface area contributed by atoms with Gasteiger partial charge in [0.05, 0.1) is 5.60 Å². The second-order valence-electron chi connectivity index (χ2n) is 5.29. The fourth-order valence-electron chi connectivity index (χ4n) is 2.51. The third-order valence-corrected chi connectivity index (χ3v) is 4.52. The minimum Gasteiger partial charge on any atom is -0.389 e. The van der Waals surface area contributed by atoms with E-state index in [4.69, 9.17) is 11.6 Å². The van der Waals surface area contributed by atoms with E-state index in [0.717, 1.165) is 47.4 Å². The van der Waals surface area contributed by atoms with Crippen molar-refractivity contribution in [2.45, 2.75) is 31.3 Å². The summed E-state index contributed by atoms with van der Waals surface area (Å²) in [6, 6.07) is 5.87. The summed E-state index contributed by atoms with van der Waals surface area (Å²) in [7, 11) is 2.11. The number of benzene rings is 1. The largest absolute Gasteiger partial charge is 0.389 e. The molecule has 0 aliphatic carbocycles. The Balaban J connectivity index is 2.11. The molecule has 1 atom stereocenters. The first-order valence-electron chi connectivity index (χ1n) is 6.33. The van der Waals surface area contributed by atoms with Gasteiger partial charge in [0.15, 0.2) is 0 Å². The lowest BCUT2D eigenvalue weighted by Crippen LogP contribution is -2.32. The van der Waals surface area contributed by atoms with Crippen LogP contribution in [0.5, 0.6) is 0 Å². The molecule has 1 unspecified atom stereocenters. The SMILES string of the molecule is CN1CCCC(O)(Cc2ccc(Br)cc2Cl)CC1. The van der Waals surface area contributed by atoms with Gasteiger partial charge in [-0.15, -0.1) is 0 Å². The predicted octanol–water partition coefficient (Wildman–Crippen LogP) is 3.49. The van der Waals surface area contributed by atoms with E-state index in [2.05, 4.69) is 27.9 Å². The summed E-state index contributed by atoms with van der Waals surface area (Å²) in [6.07, 6.45) is 3.35. The van der Waals surface area contributed by atoms with Gasteiger partial charge in [-0.2, -0.15) is 0 Å². The minimum atomic E-state index is -0.609. The van der Waals surface area contributed by atoms with Crippen LogP contribution in [0.3, 0.4) is 0 Å². The van der Waals surface area contributed by atoms with E-state index in [9.17, 15) is 5.11 Å². The standard InChI is InChI=1S/C14H19BrClNO/c1-17-7-2-5-14(18,6-8-17)10-11-3-4-12(15)9-13(11)16/h3-4,9,18H,2,5-8,10H2,1H3. The highest BCUT2D eigenvalue weighted by atomic mass is 79.9. The van der Waals surface area contributed by atoms with E-state index in [-0.39, 0.29) is 0 Å². The molecular weight excluding hydrogens is 314 g/mol. The highest BCUT2D eigenvalue weighted by Gasteiger charge is 2.30. The monoisotopic (exact) mass is 331 g/mol. The molecule has 0 amide bonds. The summed E-state index contributed by atoms with van der Waals surface area (Å²) in [4.78, 5) is 2.28. The van der Waals surface area contributed by atoms with Crippen LogP contribution < -0.4 is 0 Å². The molecule has 1 aromatic rings. The second-order valence-corrected chi connectivity index (χ2v) is 6.62. The molecule has 1 aliphatic heterocycles. The quantitative estimate of drug-likeness (QED) is 0.896. The van der Waals surface area contributed by atoms with Gasteiger partial charge in [-0.1, -0.05) is 33.6 Å². The zero-order valence-corrected chi connectivity index (χ0v) is 13.0. The molecule has 0 saturated carbocycles. The van der Waals surface area contributed by atoms with E-state index < -0.39 is 5.60 Å². The molecule has 1 saturated heterocycles. The van der Waals surface area contributed by atoms with Gasteiger partial charge in [-0.25, -0.2) is 0 Å². The third kappa shape index (κ3) is 3.70. The molecule has 2 rings (SSSR count). The van der Waals surface area contributed by atoms with Crippen LogP contribution in [0.1, 0.15) is 24.8 Å². The number of hydrogen-bond donors (Lipinski definition) is 1. The van der Waals surface area contributed by atoms with Crippen LogP contribution in [0.4, 0.5) is 0 Å². The third-order valence-electron chi connectivity index (χ3n) is 3.68. The molecule has 1 fully saturated rings. The van der Waals surface area contributed by atoms with Crippen LogP contribution in [-0.4, -0.2) is 35.7 Å². The molecular formula is C14H19BrClNO. The maximum absolute atomic E-state index is 10.7. The Bertz CT molecular complexity index is 426. The first kappa shape index (κ1) is 14.3. The molecule has 0 aromatic heterocycles. The lowest BCUT2D eigenvalue weighted by molar-refractivity contribution is 0.0263.